The maximum atomic E-state index is 10.8. The van der Waals surface area contributed by atoms with Crippen molar-refractivity contribution in [2.45, 2.75) is 37.9 Å². The average molecular weight is 271 g/mol. The Bertz CT molecular complexity index is 445. The first kappa shape index (κ1) is 13.7. The van der Waals surface area contributed by atoms with Crippen LogP contribution in [-0.2, 0) is 10.3 Å². The summed E-state index contributed by atoms with van der Waals surface area (Å²) in [6, 6.07) is 5.42. The second-order valence-corrected chi connectivity index (χ2v) is 5.82. The van der Waals surface area contributed by atoms with Crippen LogP contribution < -0.4 is 4.74 Å². The SMILES string of the molecule is COc1cc(C2(O)CCOC(C)(C)C2)ccc1Cl. The zero-order chi connectivity index (χ0) is 13.4. The monoisotopic (exact) mass is 270 g/mol. The molecule has 1 aromatic rings. The van der Waals surface area contributed by atoms with Crippen LogP contribution in [0.5, 0.6) is 5.75 Å². The molecule has 1 N–H and O–H groups in total. The molecule has 0 aromatic heterocycles. The van der Waals surface area contributed by atoms with Crippen LogP contribution in [0.25, 0.3) is 0 Å². The Morgan fingerprint density at radius 1 is 1.39 bits per heavy atom. The molecule has 1 fully saturated rings. The van der Waals surface area contributed by atoms with Gasteiger partial charge in [-0.25, -0.2) is 0 Å². The molecule has 0 bridgehead atoms. The number of hydrogen-bond acceptors (Lipinski definition) is 3. The van der Waals surface area contributed by atoms with Crippen LogP contribution in [0.3, 0.4) is 0 Å². The molecule has 100 valence electrons. The van der Waals surface area contributed by atoms with Gasteiger partial charge >= 0.3 is 0 Å². The molecule has 4 heteroatoms. The molecule has 0 aliphatic carbocycles. The molecule has 1 aliphatic heterocycles. The third kappa shape index (κ3) is 2.63. The highest BCUT2D eigenvalue weighted by atomic mass is 35.5. The van der Waals surface area contributed by atoms with Crippen molar-refractivity contribution in [3.63, 3.8) is 0 Å². The predicted octanol–water partition coefficient (Wildman–Crippen LogP) is 3.13. The highest BCUT2D eigenvalue weighted by molar-refractivity contribution is 6.32. The summed E-state index contributed by atoms with van der Waals surface area (Å²) < 4.78 is 10.8. The lowest BCUT2D eigenvalue weighted by molar-refractivity contribution is -0.148. The van der Waals surface area contributed by atoms with E-state index in [1.54, 1.807) is 13.2 Å². The lowest BCUT2D eigenvalue weighted by Gasteiger charge is -2.41. The van der Waals surface area contributed by atoms with Crippen LogP contribution in [-0.4, -0.2) is 24.4 Å². The summed E-state index contributed by atoms with van der Waals surface area (Å²) in [6.45, 7) is 4.53. The van der Waals surface area contributed by atoms with E-state index in [2.05, 4.69) is 0 Å². The summed E-state index contributed by atoms with van der Waals surface area (Å²) >= 11 is 6.01. The van der Waals surface area contributed by atoms with Gasteiger partial charge in [0.2, 0.25) is 0 Å². The van der Waals surface area contributed by atoms with E-state index in [1.807, 2.05) is 26.0 Å². The lowest BCUT2D eigenvalue weighted by Crippen LogP contribution is -2.43. The third-order valence-electron chi connectivity index (χ3n) is 3.42. The summed E-state index contributed by atoms with van der Waals surface area (Å²) in [6.07, 6.45) is 1.14. The lowest BCUT2D eigenvalue weighted by atomic mass is 9.79. The summed E-state index contributed by atoms with van der Waals surface area (Å²) in [7, 11) is 1.57. The van der Waals surface area contributed by atoms with E-state index in [0.717, 1.165) is 5.56 Å². The number of methoxy groups -OCH3 is 1. The molecule has 2 rings (SSSR count). The van der Waals surface area contributed by atoms with Gasteiger partial charge in [-0.05, 0) is 31.5 Å². The fourth-order valence-corrected chi connectivity index (χ4v) is 2.73. The fourth-order valence-electron chi connectivity index (χ4n) is 2.54. The normalized spacial score (nSPS) is 26.9. The summed E-state index contributed by atoms with van der Waals surface area (Å²) in [5, 5.41) is 11.4. The van der Waals surface area contributed by atoms with Gasteiger partial charge in [-0.1, -0.05) is 17.7 Å². The van der Waals surface area contributed by atoms with Gasteiger partial charge in [-0.2, -0.15) is 0 Å². The zero-order valence-electron chi connectivity index (χ0n) is 11.0. The van der Waals surface area contributed by atoms with Gasteiger partial charge in [0, 0.05) is 12.8 Å². The zero-order valence-corrected chi connectivity index (χ0v) is 11.8. The van der Waals surface area contributed by atoms with Crippen LogP contribution in [0.15, 0.2) is 18.2 Å². The minimum absolute atomic E-state index is 0.320. The van der Waals surface area contributed by atoms with Crippen LogP contribution >= 0.6 is 11.6 Å². The van der Waals surface area contributed by atoms with Crippen molar-refractivity contribution in [1.29, 1.82) is 0 Å². The molecule has 1 saturated heterocycles. The molecular weight excluding hydrogens is 252 g/mol. The molecule has 0 spiro atoms. The molecule has 3 nitrogen and oxygen atoms in total. The molecule has 1 unspecified atom stereocenters. The van der Waals surface area contributed by atoms with Gasteiger partial charge in [-0.3, -0.25) is 0 Å². The molecule has 1 aromatic carbocycles. The van der Waals surface area contributed by atoms with E-state index in [9.17, 15) is 5.11 Å². The summed E-state index contributed by atoms with van der Waals surface area (Å²) in [5.41, 5.74) is -0.362. The van der Waals surface area contributed by atoms with Crippen LogP contribution in [0.4, 0.5) is 0 Å². The van der Waals surface area contributed by atoms with E-state index in [4.69, 9.17) is 21.1 Å². The van der Waals surface area contributed by atoms with Crippen molar-refractivity contribution in [3.8, 4) is 5.75 Å². The Morgan fingerprint density at radius 3 is 2.72 bits per heavy atom. The Kier molecular flexibility index (Phi) is 3.58. The van der Waals surface area contributed by atoms with Crippen LogP contribution in [0, 0.1) is 0 Å². The van der Waals surface area contributed by atoms with Gasteiger partial charge in [0.1, 0.15) is 5.75 Å². The average Bonchev–Trinajstić information content (AvgIpc) is 2.27. The number of aliphatic hydroxyl groups is 1. The van der Waals surface area contributed by atoms with Crippen molar-refractivity contribution in [2.75, 3.05) is 13.7 Å². The standard InChI is InChI=1S/C14H19ClO3/c1-13(2)9-14(16,6-7-18-13)10-4-5-11(15)12(8-10)17-3/h4-5,8,16H,6-7,9H2,1-3H3. The first-order chi connectivity index (χ1) is 8.36. The van der Waals surface area contributed by atoms with Crippen molar-refractivity contribution in [2.24, 2.45) is 0 Å². The van der Waals surface area contributed by atoms with Gasteiger partial charge in [0.05, 0.1) is 29.9 Å². The number of halogens is 1. The number of hydrogen-bond donors (Lipinski definition) is 1. The number of rotatable bonds is 2. The fraction of sp³-hybridized carbons (Fsp3) is 0.571. The summed E-state index contributed by atoms with van der Waals surface area (Å²) in [4.78, 5) is 0. The molecule has 0 radical (unpaired) electrons. The van der Waals surface area contributed by atoms with E-state index in [-0.39, 0.29) is 5.60 Å². The second-order valence-electron chi connectivity index (χ2n) is 5.42. The first-order valence-corrected chi connectivity index (χ1v) is 6.44. The Labute approximate surface area is 113 Å². The highest BCUT2D eigenvalue weighted by Gasteiger charge is 2.40. The van der Waals surface area contributed by atoms with E-state index in [1.165, 1.54) is 0 Å². The van der Waals surface area contributed by atoms with Crippen LogP contribution in [0.2, 0.25) is 5.02 Å². The Balaban J connectivity index is 2.35. The third-order valence-corrected chi connectivity index (χ3v) is 3.73. The molecule has 1 aliphatic rings. The Morgan fingerprint density at radius 2 is 2.11 bits per heavy atom. The van der Waals surface area contributed by atoms with E-state index in [0.29, 0.717) is 30.2 Å². The maximum absolute atomic E-state index is 10.8. The van der Waals surface area contributed by atoms with Crippen molar-refractivity contribution in [3.05, 3.63) is 28.8 Å². The first-order valence-electron chi connectivity index (χ1n) is 6.07. The predicted molar refractivity (Wildman–Crippen MR) is 71.2 cm³/mol. The van der Waals surface area contributed by atoms with Gasteiger partial charge in [0.15, 0.2) is 0 Å². The topological polar surface area (TPSA) is 38.7 Å². The largest absolute Gasteiger partial charge is 0.495 e. The molecule has 1 atom stereocenters. The molecular formula is C14H19ClO3. The van der Waals surface area contributed by atoms with Crippen molar-refractivity contribution >= 4 is 11.6 Å². The smallest absolute Gasteiger partial charge is 0.137 e. The quantitative estimate of drug-likeness (QED) is 0.897. The van der Waals surface area contributed by atoms with E-state index < -0.39 is 5.60 Å². The number of benzene rings is 1. The highest BCUT2D eigenvalue weighted by Crippen LogP contribution is 2.41. The summed E-state index contributed by atoms with van der Waals surface area (Å²) in [5.74, 6) is 0.590. The van der Waals surface area contributed by atoms with Gasteiger partial charge < -0.3 is 14.6 Å². The van der Waals surface area contributed by atoms with Crippen molar-refractivity contribution < 1.29 is 14.6 Å². The molecule has 1 heterocycles. The molecule has 0 saturated carbocycles. The Hall–Kier alpha value is -0.770. The number of ether oxygens (including phenoxy) is 2. The second kappa shape index (κ2) is 4.72. The minimum atomic E-state index is -0.875. The van der Waals surface area contributed by atoms with Gasteiger partial charge in [-0.15, -0.1) is 0 Å². The van der Waals surface area contributed by atoms with Gasteiger partial charge in [0.25, 0.3) is 0 Å². The molecule has 0 amide bonds. The van der Waals surface area contributed by atoms with Crippen LogP contribution in [0.1, 0.15) is 32.3 Å². The van der Waals surface area contributed by atoms with Crippen molar-refractivity contribution in [1.82, 2.24) is 0 Å². The maximum Gasteiger partial charge on any atom is 0.137 e. The van der Waals surface area contributed by atoms with E-state index >= 15 is 0 Å². The minimum Gasteiger partial charge on any atom is -0.495 e. The molecule has 18 heavy (non-hydrogen) atoms.